The highest BCUT2D eigenvalue weighted by molar-refractivity contribution is 5.98. The zero-order chi connectivity index (χ0) is 74.2. The summed E-state index contributed by atoms with van der Waals surface area (Å²) in [5.41, 5.74) is 12.9. The Labute approximate surface area is 586 Å². The molecule has 4 aromatic carbocycles. The Morgan fingerprint density at radius 1 is 0.544 bits per heavy atom. The van der Waals surface area contributed by atoms with Crippen LogP contribution in [-0.4, -0.2) is 318 Å². The molecule has 4 fully saturated rings. The van der Waals surface area contributed by atoms with Gasteiger partial charge in [-0.25, -0.2) is 9.57 Å². The van der Waals surface area contributed by atoms with Gasteiger partial charge in [0.1, 0.15) is 139 Å². The van der Waals surface area contributed by atoms with E-state index >= 15 is 9.59 Å². The van der Waals surface area contributed by atoms with Crippen LogP contribution in [0.1, 0.15) is 24.0 Å². The van der Waals surface area contributed by atoms with Gasteiger partial charge in [0.25, 0.3) is 0 Å². The van der Waals surface area contributed by atoms with E-state index in [9.17, 15) is 85.6 Å². The largest absolute Gasteiger partial charge is 0.497 e. The average Bonchev–Trinajstić information content (AvgIpc) is 1.72. The molecular weight excluding hydrogens is 1360 g/mol. The Hall–Kier alpha value is -8.78. The van der Waals surface area contributed by atoms with E-state index in [-0.39, 0.29) is 35.5 Å². The van der Waals surface area contributed by atoms with Crippen molar-refractivity contribution in [2.75, 3.05) is 53.2 Å². The van der Waals surface area contributed by atoms with E-state index < -0.39 is 234 Å². The number of hydrogen-bond donors (Lipinski definition) is 23. The predicted octanol–water partition coefficient (Wildman–Crippen LogP) is -11.1. The number of nitrogens with two attached hydrogens (primary N) is 2. The lowest BCUT2D eigenvalue weighted by Gasteiger charge is -2.46. The minimum atomic E-state index is -2.34. The molecule has 2 unspecified atom stereocenters. The lowest BCUT2D eigenvalue weighted by Crippen LogP contribution is -2.68. The smallest absolute Gasteiger partial charge is 0.346 e. The van der Waals surface area contributed by atoms with Crippen LogP contribution in [-0.2, 0) is 54.1 Å². The maximum absolute atomic E-state index is 15.2. The molecule has 38 heteroatoms. The normalized spacial score (nSPS) is 34.5. The molecule has 4 aromatic rings. The molecule has 6 aliphatic rings. The van der Waals surface area contributed by atoms with Crippen LogP contribution in [0, 0.1) is 0 Å². The molecule has 38 nitrogen and oxygen atoms in total. The average molecular weight is 1450 g/mol. The Morgan fingerprint density at radius 3 is 1.78 bits per heavy atom. The first-order valence-corrected chi connectivity index (χ1v) is 33.0. The molecule has 10 rings (SSSR count). The monoisotopic (exact) mass is 1450 g/mol. The Kier molecular flexibility index (Phi) is 25.2. The number of carbonyl (C=O) groups excluding carboxylic acids is 6. The number of carbonyl (C=O) groups is 6. The van der Waals surface area contributed by atoms with Gasteiger partial charge in [-0.3, -0.25) is 39.8 Å². The van der Waals surface area contributed by atoms with Crippen LogP contribution in [0.25, 0.3) is 10.8 Å². The quantitative estimate of drug-likeness (QED) is 0.0365. The molecule has 0 aromatic heterocycles. The third-order valence-electron chi connectivity index (χ3n) is 18.8. The number of fused-ring (bicyclic) bond motifs is 1. The second-order valence-electron chi connectivity index (χ2n) is 25.6. The van der Waals surface area contributed by atoms with Crippen LogP contribution in [0.2, 0.25) is 0 Å². The fraction of sp³-hybridized carbons (Fsp3) is 0.538. The van der Waals surface area contributed by atoms with Crippen molar-refractivity contribution in [3.05, 3.63) is 102 Å². The molecule has 562 valence electrons. The van der Waals surface area contributed by atoms with Crippen LogP contribution in [0.5, 0.6) is 17.2 Å². The molecule has 25 N–H and O–H groups in total. The van der Waals surface area contributed by atoms with E-state index in [1.165, 1.54) is 31.4 Å². The van der Waals surface area contributed by atoms with Gasteiger partial charge in [0.2, 0.25) is 48.0 Å². The van der Waals surface area contributed by atoms with Crippen molar-refractivity contribution in [3.8, 4) is 17.2 Å². The van der Waals surface area contributed by atoms with E-state index in [1.807, 2.05) is 0 Å². The van der Waals surface area contributed by atoms with Crippen molar-refractivity contribution in [2.24, 2.45) is 16.5 Å². The van der Waals surface area contributed by atoms with E-state index in [4.69, 9.17) is 44.6 Å². The molecular formula is C65H87N12O26+. The first kappa shape index (κ1) is 76.8. The number of nitrogens with zero attached hydrogens (tertiary/aromatic N) is 2. The number of ether oxygens (including phenoxy) is 7. The van der Waals surface area contributed by atoms with Gasteiger partial charge < -0.3 is 142 Å². The van der Waals surface area contributed by atoms with Crippen molar-refractivity contribution < 1.29 is 133 Å². The zero-order valence-electron chi connectivity index (χ0n) is 55.4. The molecule has 25 atom stereocenters. The second-order valence-corrected chi connectivity index (χ2v) is 25.6. The first-order valence-electron chi connectivity index (χ1n) is 33.0. The van der Waals surface area contributed by atoms with Gasteiger partial charge in [-0.15, -0.1) is 0 Å². The first-order chi connectivity index (χ1) is 49.2. The number of methoxy groups -OCH3 is 1. The van der Waals surface area contributed by atoms with E-state index in [2.05, 4.69) is 47.5 Å². The van der Waals surface area contributed by atoms with Crippen LogP contribution in [0.15, 0.2) is 96.0 Å². The van der Waals surface area contributed by atoms with Crippen molar-refractivity contribution in [1.82, 2.24) is 42.5 Å². The Bertz CT molecular complexity index is 3700. The van der Waals surface area contributed by atoms with Gasteiger partial charge in [-0.1, -0.05) is 61.5 Å². The molecule has 6 aliphatic heterocycles. The van der Waals surface area contributed by atoms with Crippen LogP contribution >= 0.6 is 0 Å². The van der Waals surface area contributed by atoms with Gasteiger partial charge in [-0.2, -0.15) is 0 Å². The molecule has 0 spiro atoms. The zero-order valence-corrected chi connectivity index (χ0v) is 55.4. The number of benzene rings is 4. The molecule has 0 bridgehead atoms. The number of rotatable bonds is 20. The lowest BCUT2D eigenvalue weighted by atomic mass is 9.92. The maximum atomic E-state index is 15.2. The number of aliphatic hydroxyl groups is 13. The number of guanidine groups is 2. The van der Waals surface area contributed by atoms with Crippen molar-refractivity contribution >= 4 is 58.1 Å². The molecule has 6 heterocycles. The van der Waals surface area contributed by atoms with E-state index in [0.29, 0.717) is 11.3 Å². The van der Waals surface area contributed by atoms with Crippen molar-refractivity contribution in [3.63, 3.8) is 0 Å². The number of aliphatic imine (C=N–C) groups is 1. The fourth-order valence-electron chi connectivity index (χ4n) is 13.0. The molecule has 4 saturated heterocycles. The summed E-state index contributed by atoms with van der Waals surface area (Å²) in [6, 6.07) is 11.2. The molecule has 103 heavy (non-hydrogen) atoms. The van der Waals surface area contributed by atoms with Gasteiger partial charge in [-0.05, 0) is 58.3 Å². The highest BCUT2D eigenvalue weighted by Crippen LogP contribution is 2.34. The minimum Gasteiger partial charge on any atom is -0.497 e. The Morgan fingerprint density at radius 2 is 1.13 bits per heavy atom. The van der Waals surface area contributed by atoms with Crippen LogP contribution in [0.3, 0.4) is 0 Å². The minimum absolute atomic E-state index is 0.0702. The summed E-state index contributed by atoms with van der Waals surface area (Å²) in [6.45, 7) is -3.70. The van der Waals surface area contributed by atoms with Gasteiger partial charge in [0.15, 0.2) is 18.4 Å². The number of amides is 6. The SMILES string of the molecule is COc1ccc2cc(O[C@@H]3[C@H](O)[C@H](O)[C@H](O[C@@H]4[C@@H](O)[C@@H](O)[C@H](Oc5ccc(C[C@H]6NC(=O)C([C@H](C)c7ccccc7)NC(=O)CNC(=O)C(CO)NC(=O)[C@@H]([C@H](O)[C@@H]7CNC(N)=[N+]7[C@@H]7O[C@@H](CO)[C@H](O)[C@H](O)[C@@H]7O)NC(=O)[C@H]([C@H](O)[C@@H]7CNC(N)=N7)NC6=O)cc5)O[C@@H]4CO)O[C@H]3CO)ccc2c1. The van der Waals surface area contributed by atoms with Crippen LogP contribution < -0.4 is 68.2 Å². The maximum Gasteiger partial charge on any atom is 0.346 e. The van der Waals surface area contributed by atoms with Crippen molar-refractivity contribution in [2.45, 2.75) is 166 Å². The predicted molar refractivity (Wildman–Crippen MR) is 351 cm³/mol. The second kappa shape index (κ2) is 33.8. The summed E-state index contributed by atoms with van der Waals surface area (Å²) in [5.74, 6) is -7.98. The molecule has 0 aliphatic carbocycles. The Balaban J connectivity index is 0.903. The number of nitrogens with one attached hydrogen (secondary N) is 8. The summed E-state index contributed by atoms with van der Waals surface area (Å²) in [6.07, 6.45) is -31.1. The highest BCUT2D eigenvalue weighted by Gasteiger charge is 2.55. The van der Waals surface area contributed by atoms with E-state index in [0.717, 1.165) is 15.3 Å². The third-order valence-corrected chi connectivity index (χ3v) is 18.8. The van der Waals surface area contributed by atoms with Crippen LogP contribution in [0.4, 0.5) is 0 Å². The van der Waals surface area contributed by atoms with Gasteiger partial charge >= 0.3 is 5.96 Å². The van der Waals surface area contributed by atoms with Gasteiger partial charge in [0.05, 0.1) is 46.1 Å². The summed E-state index contributed by atoms with van der Waals surface area (Å²) in [4.78, 5) is 91.8. The summed E-state index contributed by atoms with van der Waals surface area (Å²) in [7, 11) is 1.53. The molecule has 6 amide bonds. The van der Waals surface area contributed by atoms with Gasteiger partial charge in [0, 0.05) is 18.9 Å². The van der Waals surface area contributed by atoms with E-state index in [1.54, 1.807) is 73.7 Å². The topological polar surface area (TPSA) is 594 Å². The van der Waals surface area contributed by atoms with Crippen molar-refractivity contribution in [1.29, 1.82) is 0 Å². The molecule has 0 saturated carbocycles. The summed E-state index contributed by atoms with van der Waals surface area (Å²) in [5, 5.41) is 166. The lowest BCUT2D eigenvalue weighted by molar-refractivity contribution is -0.663. The molecule has 0 radical (unpaired) electrons. The number of aliphatic hydroxyl groups excluding tert-OH is 13. The fourth-order valence-corrected chi connectivity index (χ4v) is 13.0. The highest BCUT2D eigenvalue weighted by atomic mass is 16.7. The summed E-state index contributed by atoms with van der Waals surface area (Å²) < 4.78 is 41.6. The standard InChI is InChI=1S/C65H86N12O26/c1-26(28-6-4-3-5-7-28)42-58(94)71-34(16-27-8-12-31(13-9-27)99-62-52(90)50(88)55(40(25-81)101-62)103-63-53(91)49(87)54(39(24-80)102-63)98-33-15-11-29-17-32(97-2)14-10-30(29)18-33)57(93)75-43(45(83)35-19-69-64(66)73-35)60(96)76-44(59(95)72-36(22-78)56(92)68-21-41(82)74-42)46(84)37-20-70-65(67)77(37)61-51(89)48(86)47(85)38(23-79)100-61/h3-15,17-18,26,34-40,42-55,61-63,78-81,83-91H,16,19-25H2,1-2H3,(H11,66,67,68,69,70,71,72,73,74,75,76,82,92,93,94,95,96)/p+1/t26-,34-,35+,36?,37+,38+,39+,40-,42?,43+,44-,45-,46-,47+,48+,49-,50+,51+,52-,53+,54+,55+,61-,62-,63+/m1/s1. The number of hydrogen-bond acceptors (Lipinski definition) is 31. The third kappa shape index (κ3) is 17.2. The summed E-state index contributed by atoms with van der Waals surface area (Å²) >= 11 is 0.